The molecule has 4 N–H and O–H groups in total. The van der Waals surface area contributed by atoms with Gasteiger partial charge in [-0.25, -0.2) is 4.79 Å². The molecule has 6 aromatic rings. The van der Waals surface area contributed by atoms with E-state index in [0.29, 0.717) is 12.4 Å². The maximum atomic E-state index is 12.8. The van der Waals surface area contributed by atoms with Crippen LogP contribution >= 0.6 is 0 Å². The number of nitrogens with zero attached hydrogens (tertiary/aromatic N) is 6. The van der Waals surface area contributed by atoms with Crippen LogP contribution in [0.25, 0.3) is 21.5 Å². The summed E-state index contributed by atoms with van der Waals surface area (Å²) in [7, 11) is 3.67. The van der Waals surface area contributed by atoms with Crippen LogP contribution in [0.1, 0.15) is 58.5 Å². The fourth-order valence-electron chi connectivity index (χ4n) is 7.34. The molecule has 14 nitrogen and oxygen atoms in total. The second-order valence-corrected chi connectivity index (χ2v) is 18.4. The van der Waals surface area contributed by atoms with Gasteiger partial charge in [-0.15, -0.1) is 0 Å². The first-order valence-corrected chi connectivity index (χ1v) is 22.4. The number of anilines is 3. The second-order valence-electron chi connectivity index (χ2n) is 18.4. The summed E-state index contributed by atoms with van der Waals surface area (Å²) in [6, 6.07) is 27.9. The van der Waals surface area contributed by atoms with Crippen LogP contribution in [0.15, 0.2) is 84.9 Å². The number of nitrogens with one attached hydrogen (secondary N) is 2. The molecule has 14 heteroatoms. The van der Waals surface area contributed by atoms with Crippen LogP contribution < -0.4 is 25.8 Å². The van der Waals surface area contributed by atoms with Crippen LogP contribution in [0.3, 0.4) is 0 Å². The quantitative estimate of drug-likeness (QED) is 0.123. The minimum absolute atomic E-state index is 0.0926. The van der Waals surface area contributed by atoms with E-state index >= 15 is 0 Å². The molecule has 2 fully saturated rings. The average molecular weight is 876 g/mol. The molecular weight excluding hydrogens is 807 g/mol. The van der Waals surface area contributed by atoms with Crippen molar-refractivity contribution >= 4 is 44.9 Å². The molecule has 4 aromatic carbocycles. The third-order valence-corrected chi connectivity index (χ3v) is 11.3. The number of nitrogens with two attached hydrogens (primary N) is 1. The second kappa shape index (κ2) is 21.8. The number of hydrogen-bond donors (Lipinski definition) is 3. The van der Waals surface area contributed by atoms with Crippen molar-refractivity contribution < 1.29 is 23.7 Å². The van der Waals surface area contributed by atoms with Gasteiger partial charge >= 0.3 is 6.03 Å². The summed E-state index contributed by atoms with van der Waals surface area (Å²) in [6.45, 7) is 25.1. The summed E-state index contributed by atoms with van der Waals surface area (Å²) < 4.78 is 26.2. The number of ether oxygens (including phenoxy) is 4. The number of benzene rings is 4. The molecule has 0 saturated carbocycles. The van der Waals surface area contributed by atoms with E-state index in [1.54, 1.807) is 9.36 Å². The first-order chi connectivity index (χ1) is 30.6. The van der Waals surface area contributed by atoms with E-state index in [9.17, 15) is 4.79 Å². The molecule has 64 heavy (non-hydrogen) atoms. The Morgan fingerprint density at radius 3 is 1.59 bits per heavy atom. The molecule has 2 saturated heterocycles. The molecule has 0 bridgehead atoms. The Kier molecular flexibility index (Phi) is 16.3. The monoisotopic (exact) mass is 876 g/mol. The van der Waals surface area contributed by atoms with Gasteiger partial charge in [0.05, 0.1) is 43.5 Å². The van der Waals surface area contributed by atoms with Gasteiger partial charge in [-0.3, -0.25) is 24.5 Å². The van der Waals surface area contributed by atoms with E-state index in [-0.39, 0.29) is 16.9 Å². The lowest BCUT2D eigenvalue weighted by molar-refractivity contribution is 0.0322. The molecule has 2 amide bonds. The molecule has 0 aliphatic carbocycles. The van der Waals surface area contributed by atoms with E-state index in [4.69, 9.17) is 24.7 Å². The molecule has 0 atom stereocenters. The highest BCUT2D eigenvalue weighted by atomic mass is 16.5. The fourth-order valence-corrected chi connectivity index (χ4v) is 7.34. The molecule has 0 unspecified atom stereocenters. The standard InChI is InChI=1S/C25H33N5O3.C17H21NO2.C8H15N3/c1-25(2,3)22-17-23(29(4)28-22)27-24(31)26-20-9-10-21(19-8-6-5-7-18(19)20)33-16-13-30-11-14-32-15-12-30;1-14-6-7-17(16-5-3-2-4-15(14)16)20-13-10-18-8-11-19-12-9-18;1-8(2,3)6-5-7(9)11(4)10-6/h5-10,17H,11-16H2,1-4H3,(H2,26,27,31);2-7H,8-13H2,1H3;5H,9H2,1-4H3. The van der Waals surface area contributed by atoms with Crippen LogP contribution in [0.2, 0.25) is 0 Å². The molecule has 2 aliphatic rings. The van der Waals surface area contributed by atoms with Crippen molar-refractivity contribution in [3.8, 4) is 11.5 Å². The first kappa shape index (κ1) is 47.8. The van der Waals surface area contributed by atoms with Gasteiger partial charge in [0.1, 0.15) is 36.3 Å². The molecule has 344 valence electrons. The number of morpholine rings is 2. The van der Waals surface area contributed by atoms with Gasteiger partial charge in [-0.1, -0.05) is 96.1 Å². The van der Waals surface area contributed by atoms with E-state index in [0.717, 1.165) is 117 Å². The van der Waals surface area contributed by atoms with Crippen molar-refractivity contribution in [1.82, 2.24) is 29.4 Å². The number of aromatic nitrogens is 4. The number of carbonyl (C=O) groups excluding carboxylic acids is 1. The summed E-state index contributed by atoms with van der Waals surface area (Å²) in [4.78, 5) is 17.5. The highest BCUT2D eigenvalue weighted by Gasteiger charge is 2.21. The highest BCUT2D eigenvalue weighted by molar-refractivity contribution is 6.07. The smallest absolute Gasteiger partial charge is 0.324 e. The SMILES string of the molecule is Cc1ccc(OCCN2CCOCC2)c2ccccc12.Cn1nc(C(C)(C)C)cc1N.Cn1nc(C(C)(C)C)cc1NC(=O)Nc1ccc(OCCN2CCOCC2)c2ccccc12. The van der Waals surface area contributed by atoms with E-state index in [1.807, 2.05) is 62.6 Å². The van der Waals surface area contributed by atoms with Gasteiger partial charge in [-0.05, 0) is 36.1 Å². The van der Waals surface area contributed by atoms with Crippen molar-refractivity contribution in [3.63, 3.8) is 0 Å². The first-order valence-electron chi connectivity index (χ1n) is 22.4. The Labute approximate surface area is 379 Å². The Balaban J connectivity index is 0.000000184. The molecule has 8 rings (SSSR count). The summed E-state index contributed by atoms with van der Waals surface area (Å²) in [5.41, 5.74) is 9.61. The number of amides is 2. The van der Waals surface area contributed by atoms with Gasteiger partial charge in [0.2, 0.25) is 0 Å². The van der Waals surface area contributed by atoms with Crippen LogP contribution in [0, 0.1) is 6.92 Å². The highest BCUT2D eigenvalue weighted by Crippen LogP contribution is 2.32. The fraction of sp³-hybridized carbons (Fsp3) is 0.460. The van der Waals surface area contributed by atoms with E-state index in [2.05, 4.69) is 115 Å². The van der Waals surface area contributed by atoms with E-state index < -0.39 is 0 Å². The van der Waals surface area contributed by atoms with Crippen molar-refractivity contribution in [3.05, 3.63) is 102 Å². The zero-order valence-corrected chi connectivity index (χ0v) is 39.4. The lowest BCUT2D eigenvalue weighted by Gasteiger charge is -2.26. The van der Waals surface area contributed by atoms with Gasteiger partial charge < -0.3 is 30.0 Å². The van der Waals surface area contributed by atoms with Gasteiger partial charge in [-0.2, -0.15) is 10.2 Å². The minimum atomic E-state index is -0.315. The summed E-state index contributed by atoms with van der Waals surface area (Å²) in [5.74, 6) is 3.16. The Morgan fingerprint density at radius 1 is 0.641 bits per heavy atom. The lowest BCUT2D eigenvalue weighted by Crippen LogP contribution is -2.38. The summed E-state index contributed by atoms with van der Waals surface area (Å²) in [6.07, 6.45) is 0. The lowest BCUT2D eigenvalue weighted by atomic mass is 9.92. The van der Waals surface area contributed by atoms with Crippen molar-refractivity contribution in [2.75, 3.05) is 95.3 Å². The number of nitrogen functional groups attached to an aromatic ring is 1. The maximum Gasteiger partial charge on any atom is 0.324 e. The predicted molar refractivity (Wildman–Crippen MR) is 259 cm³/mol. The third-order valence-electron chi connectivity index (χ3n) is 11.3. The molecular formula is C50H69N9O5. The maximum absolute atomic E-state index is 12.8. The number of carbonyl (C=O) groups is 1. The van der Waals surface area contributed by atoms with Crippen molar-refractivity contribution in [1.29, 1.82) is 0 Å². The zero-order valence-electron chi connectivity index (χ0n) is 39.4. The molecule has 0 spiro atoms. The molecule has 2 aromatic heterocycles. The predicted octanol–water partition coefficient (Wildman–Crippen LogP) is 8.38. The normalized spacial score (nSPS) is 14.9. The Bertz CT molecular complexity index is 2420. The van der Waals surface area contributed by atoms with Crippen molar-refractivity contribution in [2.45, 2.75) is 59.3 Å². The number of urea groups is 1. The van der Waals surface area contributed by atoms with Gasteiger partial charge in [0.25, 0.3) is 0 Å². The number of hydrogen-bond acceptors (Lipinski definition) is 10. The van der Waals surface area contributed by atoms with Crippen molar-refractivity contribution in [2.24, 2.45) is 14.1 Å². The van der Waals surface area contributed by atoms with Crippen LogP contribution in [0.4, 0.5) is 22.1 Å². The van der Waals surface area contributed by atoms with Crippen LogP contribution in [-0.2, 0) is 34.4 Å². The molecule has 4 heterocycles. The largest absolute Gasteiger partial charge is 0.492 e. The average Bonchev–Trinajstić information content (AvgIpc) is 3.83. The molecule has 2 aliphatic heterocycles. The Morgan fingerprint density at radius 2 is 1.11 bits per heavy atom. The van der Waals surface area contributed by atoms with Gasteiger partial charge in [0.15, 0.2) is 0 Å². The van der Waals surface area contributed by atoms with Gasteiger partial charge in [0, 0.05) is 92.5 Å². The minimum Gasteiger partial charge on any atom is -0.492 e. The summed E-state index contributed by atoms with van der Waals surface area (Å²) >= 11 is 0. The summed E-state index contributed by atoms with van der Waals surface area (Å²) in [5, 5.41) is 19.0. The zero-order chi connectivity index (χ0) is 45.9. The molecule has 0 radical (unpaired) electrons. The van der Waals surface area contributed by atoms with Crippen LogP contribution in [0.5, 0.6) is 11.5 Å². The van der Waals surface area contributed by atoms with Crippen LogP contribution in [-0.4, -0.2) is 114 Å². The topological polar surface area (TPSA) is 146 Å². The third kappa shape index (κ3) is 13.2. The van der Waals surface area contributed by atoms with E-state index in [1.165, 1.54) is 16.3 Å². The number of fused-ring (bicyclic) bond motifs is 2. The number of rotatable bonds is 10. The Hall–Kier alpha value is -5.67. The number of aryl methyl sites for hydroxylation is 3.